The topological polar surface area (TPSA) is 63.4 Å². The fourth-order valence-electron chi connectivity index (χ4n) is 2.10. The molecule has 4 nitrogen and oxygen atoms in total. The Morgan fingerprint density at radius 3 is 2.35 bits per heavy atom. The van der Waals surface area contributed by atoms with E-state index in [1.54, 1.807) is 43.3 Å². The molecule has 0 aliphatic rings. The normalized spacial score (nSPS) is 11.3. The fourth-order valence-corrected chi connectivity index (χ4v) is 3.49. The van der Waals surface area contributed by atoms with Gasteiger partial charge in [-0.05, 0) is 43.7 Å². The zero-order valence-electron chi connectivity index (χ0n) is 11.8. The van der Waals surface area contributed by atoms with Gasteiger partial charge in [0.1, 0.15) is 0 Å². The Morgan fingerprint density at radius 2 is 1.75 bits per heavy atom. The van der Waals surface area contributed by atoms with Gasteiger partial charge < -0.3 is 5.73 Å². The number of hydrogen-bond acceptors (Lipinski definition) is 3. The average Bonchev–Trinajstić information content (AvgIpc) is 2.37. The fraction of sp³-hybridized carbons (Fsp3) is 0.200. The summed E-state index contributed by atoms with van der Waals surface area (Å²) in [5.74, 6) is 0. The van der Waals surface area contributed by atoms with Crippen LogP contribution in [0.1, 0.15) is 11.1 Å². The smallest absolute Gasteiger partial charge is 0.264 e. The zero-order chi connectivity index (χ0) is 14.9. The molecule has 0 aliphatic carbocycles. The van der Waals surface area contributed by atoms with E-state index in [1.807, 2.05) is 13.0 Å². The maximum Gasteiger partial charge on any atom is 0.264 e. The Bertz CT molecular complexity index is 739. The Hall–Kier alpha value is -2.01. The highest BCUT2D eigenvalue weighted by Crippen LogP contribution is 2.25. The van der Waals surface area contributed by atoms with Crippen LogP contribution in [0, 0.1) is 13.8 Å². The molecule has 0 spiro atoms. The molecular formula is C15H18N2O2S. The van der Waals surface area contributed by atoms with Crippen molar-refractivity contribution in [3.05, 3.63) is 53.6 Å². The minimum Gasteiger partial charge on any atom is -0.399 e. The molecule has 106 valence electrons. The number of aryl methyl sites for hydroxylation is 2. The maximum absolute atomic E-state index is 12.7. The highest BCUT2D eigenvalue weighted by molar-refractivity contribution is 7.92. The molecule has 0 amide bonds. The quantitative estimate of drug-likeness (QED) is 0.884. The lowest BCUT2D eigenvalue weighted by Gasteiger charge is -2.21. The Kier molecular flexibility index (Phi) is 3.72. The number of sulfonamides is 1. The maximum atomic E-state index is 12.7. The van der Waals surface area contributed by atoms with Crippen molar-refractivity contribution in [3.8, 4) is 0 Å². The lowest BCUT2D eigenvalue weighted by molar-refractivity contribution is 0.594. The van der Waals surface area contributed by atoms with Crippen molar-refractivity contribution in [2.75, 3.05) is 17.1 Å². The van der Waals surface area contributed by atoms with Crippen LogP contribution in [-0.4, -0.2) is 15.5 Å². The van der Waals surface area contributed by atoms with E-state index in [4.69, 9.17) is 5.73 Å². The van der Waals surface area contributed by atoms with E-state index in [1.165, 1.54) is 11.4 Å². The van der Waals surface area contributed by atoms with Crippen LogP contribution in [0.4, 0.5) is 11.4 Å². The van der Waals surface area contributed by atoms with Crippen LogP contribution in [0.3, 0.4) is 0 Å². The van der Waals surface area contributed by atoms with Gasteiger partial charge in [-0.25, -0.2) is 8.42 Å². The summed E-state index contributed by atoms with van der Waals surface area (Å²) in [6, 6.07) is 12.1. The standard InChI is InChI=1S/C15H18N2O2S/c1-11-7-8-15(12(2)9-11)20(18,19)17(3)14-6-4-5-13(16)10-14/h4-10H,16H2,1-3H3. The SMILES string of the molecule is Cc1ccc(S(=O)(=O)N(C)c2cccc(N)c2)c(C)c1. The molecule has 0 saturated carbocycles. The first-order chi connectivity index (χ1) is 9.32. The number of nitrogen functional groups attached to an aromatic ring is 1. The van der Waals surface area contributed by atoms with Gasteiger partial charge in [-0.15, -0.1) is 0 Å². The molecule has 0 aromatic heterocycles. The minimum absolute atomic E-state index is 0.313. The highest BCUT2D eigenvalue weighted by atomic mass is 32.2. The predicted molar refractivity (Wildman–Crippen MR) is 82.4 cm³/mol. The van der Waals surface area contributed by atoms with E-state index in [0.717, 1.165) is 11.1 Å². The van der Waals surface area contributed by atoms with Gasteiger partial charge in [0.05, 0.1) is 10.6 Å². The first kappa shape index (κ1) is 14.4. The number of hydrogen-bond donors (Lipinski definition) is 1. The van der Waals surface area contributed by atoms with Crippen LogP contribution < -0.4 is 10.0 Å². The molecule has 0 bridgehead atoms. The Balaban J connectivity index is 2.49. The summed E-state index contributed by atoms with van der Waals surface area (Å²) in [6.45, 7) is 3.73. The first-order valence-corrected chi connectivity index (χ1v) is 7.68. The molecule has 2 N–H and O–H groups in total. The summed E-state index contributed by atoms with van der Waals surface area (Å²) in [5, 5.41) is 0. The van der Waals surface area contributed by atoms with Crippen LogP contribution in [-0.2, 0) is 10.0 Å². The van der Waals surface area contributed by atoms with Crippen molar-refractivity contribution in [1.82, 2.24) is 0 Å². The molecule has 2 aromatic carbocycles. The van der Waals surface area contributed by atoms with Gasteiger partial charge in [0, 0.05) is 12.7 Å². The van der Waals surface area contributed by atoms with Gasteiger partial charge in [-0.1, -0.05) is 23.8 Å². The van der Waals surface area contributed by atoms with Crippen molar-refractivity contribution < 1.29 is 8.42 Å². The van der Waals surface area contributed by atoms with Crippen molar-refractivity contribution >= 4 is 21.4 Å². The largest absolute Gasteiger partial charge is 0.399 e. The molecule has 0 saturated heterocycles. The highest BCUT2D eigenvalue weighted by Gasteiger charge is 2.23. The summed E-state index contributed by atoms with van der Waals surface area (Å²) in [5.41, 5.74) is 8.56. The van der Waals surface area contributed by atoms with Crippen LogP contribution in [0.5, 0.6) is 0 Å². The second kappa shape index (κ2) is 5.17. The molecule has 20 heavy (non-hydrogen) atoms. The summed E-state index contributed by atoms with van der Waals surface area (Å²) in [7, 11) is -2.05. The van der Waals surface area contributed by atoms with E-state index in [9.17, 15) is 8.42 Å². The van der Waals surface area contributed by atoms with Crippen LogP contribution in [0.15, 0.2) is 47.4 Å². The first-order valence-electron chi connectivity index (χ1n) is 6.24. The monoisotopic (exact) mass is 290 g/mol. The molecular weight excluding hydrogens is 272 g/mol. The van der Waals surface area contributed by atoms with E-state index in [0.29, 0.717) is 16.3 Å². The molecule has 0 aliphatic heterocycles. The molecule has 0 radical (unpaired) electrons. The second-order valence-electron chi connectivity index (χ2n) is 4.84. The van der Waals surface area contributed by atoms with Gasteiger partial charge >= 0.3 is 0 Å². The molecule has 2 rings (SSSR count). The molecule has 0 atom stereocenters. The summed E-state index contributed by atoms with van der Waals surface area (Å²) in [4.78, 5) is 0.313. The van der Waals surface area contributed by atoms with Crippen molar-refractivity contribution in [2.24, 2.45) is 0 Å². The number of benzene rings is 2. The molecule has 2 aromatic rings. The molecule has 0 fully saturated rings. The molecule has 0 unspecified atom stereocenters. The van der Waals surface area contributed by atoms with Gasteiger partial charge in [0.2, 0.25) is 0 Å². The average molecular weight is 290 g/mol. The van der Waals surface area contributed by atoms with E-state index < -0.39 is 10.0 Å². The van der Waals surface area contributed by atoms with Crippen LogP contribution in [0.2, 0.25) is 0 Å². The zero-order valence-corrected chi connectivity index (χ0v) is 12.6. The van der Waals surface area contributed by atoms with Crippen molar-refractivity contribution in [3.63, 3.8) is 0 Å². The van der Waals surface area contributed by atoms with Gasteiger partial charge in [0.25, 0.3) is 10.0 Å². The van der Waals surface area contributed by atoms with E-state index in [-0.39, 0.29) is 0 Å². The lowest BCUT2D eigenvalue weighted by Crippen LogP contribution is -2.27. The number of nitrogens with zero attached hydrogens (tertiary/aromatic N) is 1. The third-order valence-corrected chi connectivity index (χ3v) is 5.15. The Morgan fingerprint density at radius 1 is 1.05 bits per heavy atom. The second-order valence-corrected chi connectivity index (χ2v) is 6.77. The van der Waals surface area contributed by atoms with E-state index in [2.05, 4.69) is 0 Å². The number of nitrogens with two attached hydrogens (primary N) is 1. The lowest BCUT2D eigenvalue weighted by atomic mass is 10.2. The number of rotatable bonds is 3. The van der Waals surface area contributed by atoms with Gasteiger partial charge in [-0.2, -0.15) is 0 Å². The van der Waals surface area contributed by atoms with Crippen molar-refractivity contribution in [1.29, 1.82) is 0 Å². The van der Waals surface area contributed by atoms with Gasteiger partial charge in [0.15, 0.2) is 0 Å². The van der Waals surface area contributed by atoms with Crippen molar-refractivity contribution in [2.45, 2.75) is 18.7 Å². The number of anilines is 2. The molecule has 5 heteroatoms. The summed E-state index contributed by atoms with van der Waals surface area (Å²) >= 11 is 0. The van der Waals surface area contributed by atoms with E-state index >= 15 is 0 Å². The Labute approximate surface area is 119 Å². The minimum atomic E-state index is -3.58. The van der Waals surface area contributed by atoms with Crippen LogP contribution in [0.25, 0.3) is 0 Å². The predicted octanol–water partition coefficient (Wildman–Crippen LogP) is 2.71. The third-order valence-electron chi connectivity index (χ3n) is 3.20. The van der Waals surface area contributed by atoms with Gasteiger partial charge in [-0.3, -0.25) is 4.31 Å². The molecule has 0 heterocycles. The third kappa shape index (κ3) is 2.63. The summed E-state index contributed by atoms with van der Waals surface area (Å²) in [6.07, 6.45) is 0. The summed E-state index contributed by atoms with van der Waals surface area (Å²) < 4.78 is 26.6. The van der Waals surface area contributed by atoms with Crippen LogP contribution >= 0.6 is 0 Å².